The quantitative estimate of drug-likeness (QED) is 0.602. The van der Waals surface area contributed by atoms with Crippen LogP contribution in [0.25, 0.3) is 0 Å². The zero-order valence-electron chi connectivity index (χ0n) is 15.6. The van der Waals surface area contributed by atoms with Gasteiger partial charge in [0.05, 0.1) is 16.6 Å². The van der Waals surface area contributed by atoms with Gasteiger partial charge in [-0.05, 0) is 37.1 Å². The Morgan fingerprint density at radius 3 is 1.96 bits per heavy atom. The predicted octanol–water partition coefficient (Wildman–Crippen LogP) is 3.27. The number of aliphatic carboxylic acids is 1. The Morgan fingerprint density at radius 1 is 1.07 bits per heavy atom. The van der Waals surface area contributed by atoms with E-state index in [2.05, 4.69) is 5.32 Å². The van der Waals surface area contributed by atoms with Crippen molar-refractivity contribution in [1.82, 2.24) is 5.32 Å². The van der Waals surface area contributed by atoms with Crippen molar-refractivity contribution in [2.24, 2.45) is 0 Å². The highest BCUT2D eigenvalue weighted by Crippen LogP contribution is 2.29. The van der Waals surface area contributed by atoms with E-state index in [0.717, 1.165) is 12.1 Å². The molecular formula is C18H24F3NO5S. The number of nitrogens with one attached hydrogen (secondary N) is 1. The van der Waals surface area contributed by atoms with E-state index < -0.39 is 50.5 Å². The van der Waals surface area contributed by atoms with E-state index >= 15 is 0 Å². The molecule has 0 saturated heterocycles. The lowest BCUT2D eigenvalue weighted by molar-refractivity contribution is -0.139. The van der Waals surface area contributed by atoms with Gasteiger partial charge in [0, 0.05) is 5.56 Å². The second-order valence-corrected chi connectivity index (χ2v) is 8.79. The number of hydrogen-bond donors (Lipinski definition) is 2. The van der Waals surface area contributed by atoms with Crippen LogP contribution in [0.5, 0.6) is 0 Å². The van der Waals surface area contributed by atoms with Gasteiger partial charge >= 0.3 is 12.1 Å². The van der Waals surface area contributed by atoms with E-state index in [-0.39, 0.29) is 5.56 Å². The van der Waals surface area contributed by atoms with Gasteiger partial charge in [0.1, 0.15) is 6.04 Å². The normalized spacial score (nSPS) is 13.4. The van der Waals surface area contributed by atoms with Crippen LogP contribution in [0.15, 0.2) is 24.3 Å². The first-order valence-corrected chi connectivity index (χ1v) is 10.6. The molecule has 0 saturated carbocycles. The topological polar surface area (TPSA) is 101 Å². The van der Waals surface area contributed by atoms with Crippen LogP contribution in [0.1, 0.15) is 55.5 Å². The first-order valence-electron chi connectivity index (χ1n) is 8.84. The van der Waals surface area contributed by atoms with Crippen molar-refractivity contribution in [3.05, 3.63) is 35.4 Å². The summed E-state index contributed by atoms with van der Waals surface area (Å²) in [6.07, 6.45) is -2.58. The van der Waals surface area contributed by atoms with Crippen molar-refractivity contribution in [3.63, 3.8) is 0 Å². The van der Waals surface area contributed by atoms with E-state index in [1.165, 1.54) is 0 Å². The van der Waals surface area contributed by atoms with Crippen molar-refractivity contribution in [3.8, 4) is 0 Å². The molecule has 1 unspecified atom stereocenters. The molecule has 1 aromatic rings. The summed E-state index contributed by atoms with van der Waals surface area (Å²) < 4.78 is 62.9. The highest BCUT2D eigenvalue weighted by Gasteiger charge is 2.33. The van der Waals surface area contributed by atoms with Crippen LogP contribution >= 0.6 is 0 Å². The van der Waals surface area contributed by atoms with Crippen LogP contribution in [0.4, 0.5) is 13.2 Å². The minimum atomic E-state index is -4.57. The summed E-state index contributed by atoms with van der Waals surface area (Å²) in [5.74, 6) is -3.27. The molecule has 28 heavy (non-hydrogen) atoms. The third-order valence-corrected chi connectivity index (χ3v) is 6.49. The van der Waals surface area contributed by atoms with E-state index in [1.807, 2.05) is 13.8 Å². The van der Waals surface area contributed by atoms with Crippen molar-refractivity contribution in [1.29, 1.82) is 0 Å². The molecular weight excluding hydrogens is 399 g/mol. The number of halogens is 3. The molecule has 158 valence electrons. The molecule has 0 bridgehead atoms. The lowest BCUT2D eigenvalue weighted by Crippen LogP contribution is -2.47. The summed E-state index contributed by atoms with van der Waals surface area (Å²) in [4.78, 5) is 23.6. The van der Waals surface area contributed by atoms with Gasteiger partial charge < -0.3 is 10.4 Å². The van der Waals surface area contributed by atoms with Gasteiger partial charge in [-0.15, -0.1) is 0 Å². The molecule has 0 aliphatic heterocycles. The summed E-state index contributed by atoms with van der Waals surface area (Å²) >= 11 is 0. The van der Waals surface area contributed by atoms with E-state index in [1.54, 1.807) is 0 Å². The first kappa shape index (κ1) is 23.9. The fraction of sp³-hybridized carbons (Fsp3) is 0.556. The van der Waals surface area contributed by atoms with Crippen LogP contribution in [0.3, 0.4) is 0 Å². The van der Waals surface area contributed by atoms with Crippen LogP contribution < -0.4 is 5.32 Å². The van der Waals surface area contributed by atoms with E-state index in [9.17, 15) is 36.3 Å². The first-order chi connectivity index (χ1) is 12.9. The molecule has 1 rings (SSSR count). The number of carboxylic acid groups (broad SMARTS) is 1. The number of amides is 1. The monoisotopic (exact) mass is 423 g/mol. The van der Waals surface area contributed by atoms with Crippen molar-refractivity contribution in [2.45, 2.75) is 57.0 Å². The van der Waals surface area contributed by atoms with Crippen LogP contribution in [-0.4, -0.2) is 42.4 Å². The molecule has 0 aliphatic carbocycles. The predicted molar refractivity (Wildman–Crippen MR) is 97.7 cm³/mol. The zero-order chi connectivity index (χ0) is 21.5. The van der Waals surface area contributed by atoms with Gasteiger partial charge in [-0.1, -0.05) is 26.7 Å². The molecule has 2 N–H and O–H groups in total. The Labute approximate surface area is 162 Å². The molecule has 0 fully saturated rings. The maximum atomic E-state index is 12.6. The molecule has 1 atom stereocenters. The molecule has 0 spiro atoms. The van der Waals surface area contributed by atoms with Gasteiger partial charge in [0.25, 0.3) is 5.91 Å². The third-order valence-electron chi connectivity index (χ3n) is 4.21. The van der Waals surface area contributed by atoms with Crippen LogP contribution in [0.2, 0.25) is 0 Å². The minimum absolute atomic E-state index is 0.199. The second-order valence-electron chi connectivity index (χ2n) is 6.47. The van der Waals surface area contributed by atoms with Crippen molar-refractivity contribution < 1.29 is 36.3 Å². The van der Waals surface area contributed by atoms with Crippen LogP contribution in [-0.2, 0) is 20.8 Å². The second kappa shape index (κ2) is 9.90. The number of alkyl halides is 3. The molecule has 0 aromatic heterocycles. The van der Waals surface area contributed by atoms with Gasteiger partial charge in [0.2, 0.25) is 0 Å². The summed E-state index contributed by atoms with van der Waals surface area (Å²) in [6.45, 7) is 3.64. The Kier molecular flexibility index (Phi) is 8.47. The average molecular weight is 423 g/mol. The Bertz CT molecular complexity index is 769. The van der Waals surface area contributed by atoms with Gasteiger partial charge in [-0.2, -0.15) is 13.2 Å². The fourth-order valence-corrected chi connectivity index (χ4v) is 4.89. The molecule has 1 aromatic carbocycles. The Morgan fingerprint density at radius 2 is 1.57 bits per heavy atom. The number of benzene rings is 1. The summed E-state index contributed by atoms with van der Waals surface area (Å²) in [5.41, 5.74) is -1.15. The summed E-state index contributed by atoms with van der Waals surface area (Å²) in [7, 11) is -3.79. The summed E-state index contributed by atoms with van der Waals surface area (Å²) in [5, 5.41) is 10.7. The lowest BCUT2D eigenvalue weighted by Gasteiger charge is -2.20. The molecule has 10 heteroatoms. The average Bonchev–Trinajstić information content (AvgIpc) is 2.60. The number of carbonyl (C=O) groups excluding carboxylic acids is 1. The largest absolute Gasteiger partial charge is 0.480 e. The van der Waals surface area contributed by atoms with Gasteiger partial charge in [-0.25, -0.2) is 13.2 Å². The smallest absolute Gasteiger partial charge is 0.416 e. The highest BCUT2D eigenvalue weighted by molar-refractivity contribution is 7.92. The number of carbonyl (C=O) groups is 2. The van der Waals surface area contributed by atoms with Gasteiger partial charge in [0.15, 0.2) is 9.84 Å². The molecule has 1 amide bonds. The third kappa shape index (κ3) is 6.81. The van der Waals surface area contributed by atoms with Crippen molar-refractivity contribution >= 4 is 21.7 Å². The lowest BCUT2D eigenvalue weighted by atomic mass is 10.1. The Hall–Kier alpha value is -2.10. The maximum absolute atomic E-state index is 12.6. The molecule has 0 radical (unpaired) electrons. The summed E-state index contributed by atoms with van der Waals surface area (Å²) in [6, 6.07) is 1.50. The molecule has 0 heterocycles. The minimum Gasteiger partial charge on any atom is -0.480 e. The zero-order valence-corrected chi connectivity index (χ0v) is 16.4. The SMILES string of the molecule is CCCC(CCC)S(=O)(=O)CC(NC(=O)c1ccc(C(F)(F)F)cc1)C(=O)O. The van der Waals surface area contributed by atoms with Crippen molar-refractivity contribution in [2.75, 3.05) is 5.75 Å². The maximum Gasteiger partial charge on any atom is 0.416 e. The van der Waals surface area contributed by atoms with E-state index in [0.29, 0.717) is 37.8 Å². The fourth-order valence-electron chi connectivity index (χ4n) is 2.74. The Balaban J connectivity index is 2.95. The standard InChI is InChI=1S/C18H24F3NO5S/c1-3-5-14(6-4-2)28(26,27)11-15(17(24)25)22-16(23)12-7-9-13(10-8-12)18(19,20)21/h7-10,14-15H,3-6,11H2,1-2H3,(H,22,23)(H,24,25). The highest BCUT2D eigenvalue weighted by atomic mass is 32.2. The number of carboxylic acids is 1. The number of hydrogen-bond acceptors (Lipinski definition) is 4. The number of rotatable bonds is 10. The van der Waals surface area contributed by atoms with Gasteiger partial charge in [-0.3, -0.25) is 4.79 Å². The number of sulfone groups is 1. The van der Waals surface area contributed by atoms with Crippen LogP contribution in [0, 0.1) is 0 Å². The van der Waals surface area contributed by atoms with E-state index in [4.69, 9.17) is 0 Å². The molecule has 0 aliphatic rings. The molecule has 6 nitrogen and oxygen atoms in total.